The van der Waals surface area contributed by atoms with Gasteiger partial charge in [-0.05, 0) is 31.6 Å². The van der Waals surface area contributed by atoms with Gasteiger partial charge >= 0.3 is 0 Å². The molecule has 1 N–H and O–H groups in total. The van der Waals surface area contributed by atoms with E-state index >= 15 is 0 Å². The lowest BCUT2D eigenvalue weighted by atomic mass is 9.77. The number of hydrogen-bond donors (Lipinski definition) is 1. The number of piperidine rings is 1. The molecule has 19 heavy (non-hydrogen) atoms. The summed E-state index contributed by atoms with van der Waals surface area (Å²) in [5, 5.41) is 3.59. The van der Waals surface area contributed by atoms with Gasteiger partial charge in [0.05, 0.1) is 6.04 Å². The third kappa shape index (κ3) is 3.47. The van der Waals surface area contributed by atoms with Crippen LogP contribution >= 0.6 is 0 Å². The van der Waals surface area contributed by atoms with E-state index in [9.17, 15) is 4.79 Å². The van der Waals surface area contributed by atoms with Gasteiger partial charge in [0.1, 0.15) is 0 Å². The van der Waals surface area contributed by atoms with Gasteiger partial charge in [0, 0.05) is 19.1 Å². The number of amides is 1. The fraction of sp³-hybridized carbons (Fsp3) is 0.688. The maximum absolute atomic E-state index is 12.5. The van der Waals surface area contributed by atoms with E-state index in [2.05, 4.69) is 18.5 Å². The summed E-state index contributed by atoms with van der Waals surface area (Å²) in [6.07, 6.45) is 11.0. The van der Waals surface area contributed by atoms with Crippen LogP contribution in [0.25, 0.3) is 0 Å². The van der Waals surface area contributed by atoms with Crippen LogP contribution in [0.2, 0.25) is 0 Å². The Morgan fingerprint density at radius 1 is 1.11 bits per heavy atom. The zero-order chi connectivity index (χ0) is 13.7. The standard InChI is InChI=1S/C16H26N2O/c1-3-11-18(12-4-2)16(19)15-10-9-13-7-5-6-8-14(13)17-15/h3-4,13-15,17H,1-2,5-12H2. The zero-order valence-electron chi connectivity index (χ0n) is 11.8. The molecule has 2 fully saturated rings. The molecule has 1 aliphatic carbocycles. The molecule has 0 radical (unpaired) electrons. The van der Waals surface area contributed by atoms with Crippen LogP contribution in [0.1, 0.15) is 38.5 Å². The van der Waals surface area contributed by atoms with E-state index < -0.39 is 0 Å². The number of nitrogens with zero attached hydrogens (tertiary/aromatic N) is 1. The van der Waals surface area contributed by atoms with E-state index in [-0.39, 0.29) is 11.9 Å². The SMILES string of the molecule is C=CCN(CC=C)C(=O)C1CCC2CCCCC2N1. The van der Waals surface area contributed by atoms with Gasteiger partial charge in [0.15, 0.2) is 0 Å². The Morgan fingerprint density at radius 3 is 2.47 bits per heavy atom. The molecule has 2 rings (SSSR count). The predicted molar refractivity (Wildman–Crippen MR) is 78.9 cm³/mol. The van der Waals surface area contributed by atoms with Crippen molar-refractivity contribution < 1.29 is 4.79 Å². The van der Waals surface area contributed by atoms with Crippen molar-refractivity contribution in [3.63, 3.8) is 0 Å². The molecule has 3 nitrogen and oxygen atoms in total. The second kappa shape index (κ2) is 6.90. The maximum atomic E-state index is 12.5. The number of carbonyl (C=O) groups excluding carboxylic acids is 1. The van der Waals surface area contributed by atoms with E-state index in [0.717, 1.165) is 12.3 Å². The fourth-order valence-corrected chi connectivity index (χ4v) is 3.48. The molecule has 1 heterocycles. The number of hydrogen-bond acceptors (Lipinski definition) is 2. The average Bonchev–Trinajstić information content (AvgIpc) is 2.46. The van der Waals surface area contributed by atoms with Crippen LogP contribution in [0, 0.1) is 5.92 Å². The topological polar surface area (TPSA) is 32.3 Å². The second-order valence-corrected chi connectivity index (χ2v) is 5.77. The highest BCUT2D eigenvalue weighted by Crippen LogP contribution is 2.32. The highest BCUT2D eigenvalue weighted by atomic mass is 16.2. The highest BCUT2D eigenvalue weighted by Gasteiger charge is 2.35. The Morgan fingerprint density at radius 2 is 1.79 bits per heavy atom. The summed E-state index contributed by atoms with van der Waals surface area (Å²) in [4.78, 5) is 14.4. The summed E-state index contributed by atoms with van der Waals surface area (Å²) in [6, 6.07) is 0.560. The normalized spacial score (nSPS) is 30.2. The molecule has 1 aliphatic heterocycles. The van der Waals surface area contributed by atoms with Gasteiger partial charge < -0.3 is 10.2 Å². The first-order chi connectivity index (χ1) is 9.26. The van der Waals surface area contributed by atoms with E-state index in [1.807, 2.05) is 4.90 Å². The quantitative estimate of drug-likeness (QED) is 0.772. The van der Waals surface area contributed by atoms with E-state index in [0.29, 0.717) is 19.1 Å². The van der Waals surface area contributed by atoms with Gasteiger partial charge in [-0.2, -0.15) is 0 Å². The van der Waals surface area contributed by atoms with Crippen molar-refractivity contribution in [2.75, 3.05) is 13.1 Å². The van der Waals surface area contributed by atoms with Crippen molar-refractivity contribution in [1.29, 1.82) is 0 Å². The molecule has 106 valence electrons. The molecule has 1 saturated carbocycles. The minimum atomic E-state index is -0.000694. The van der Waals surface area contributed by atoms with Gasteiger partial charge in [-0.25, -0.2) is 0 Å². The molecule has 3 heteroatoms. The summed E-state index contributed by atoms with van der Waals surface area (Å²) >= 11 is 0. The second-order valence-electron chi connectivity index (χ2n) is 5.77. The monoisotopic (exact) mass is 262 g/mol. The first kappa shape index (κ1) is 14.3. The Labute approximate surface area is 116 Å². The Hall–Kier alpha value is -1.09. The zero-order valence-corrected chi connectivity index (χ0v) is 11.8. The molecule has 0 spiro atoms. The van der Waals surface area contributed by atoms with Crippen molar-refractivity contribution in [2.24, 2.45) is 5.92 Å². The summed E-state index contributed by atoms with van der Waals surface area (Å²) in [5.74, 6) is 1.01. The van der Waals surface area contributed by atoms with Crippen LogP contribution < -0.4 is 5.32 Å². The van der Waals surface area contributed by atoms with Crippen LogP contribution in [-0.2, 0) is 4.79 Å². The molecule has 3 atom stereocenters. The molecular formula is C16H26N2O. The van der Waals surface area contributed by atoms with Gasteiger partial charge in [-0.3, -0.25) is 4.79 Å². The van der Waals surface area contributed by atoms with Crippen molar-refractivity contribution >= 4 is 5.91 Å². The van der Waals surface area contributed by atoms with Crippen LogP contribution in [0.4, 0.5) is 0 Å². The smallest absolute Gasteiger partial charge is 0.240 e. The molecule has 2 aliphatic rings. The van der Waals surface area contributed by atoms with E-state index in [4.69, 9.17) is 0 Å². The predicted octanol–water partition coefficient (Wildman–Crippen LogP) is 2.50. The number of carbonyl (C=O) groups is 1. The lowest BCUT2D eigenvalue weighted by molar-refractivity contribution is -0.133. The summed E-state index contributed by atoms with van der Waals surface area (Å²) in [7, 11) is 0. The first-order valence-electron chi connectivity index (χ1n) is 7.53. The Bertz CT molecular complexity index is 330. The van der Waals surface area contributed by atoms with Crippen molar-refractivity contribution in [3.8, 4) is 0 Å². The number of fused-ring (bicyclic) bond motifs is 1. The molecule has 0 aromatic carbocycles. The van der Waals surface area contributed by atoms with Gasteiger partial charge in [0.25, 0.3) is 0 Å². The van der Waals surface area contributed by atoms with Crippen molar-refractivity contribution in [2.45, 2.75) is 50.6 Å². The molecule has 0 aromatic heterocycles. The largest absolute Gasteiger partial charge is 0.334 e. The minimum absolute atomic E-state index is 0.000694. The van der Waals surface area contributed by atoms with Gasteiger partial charge in [-0.15, -0.1) is 13.2 Å². The molecule has 1 saturated heterocycles. The maximum Gasteiger partial charge on any atom is 0.240 e. The number of nitrogens with one attached hydrogen (secondary N) is 1. The van der Waals surface area contributed by atoms with E-state index in [1.54, 1.807) is 12.2 Å². The molecule has 0 bridgehead atoms. The Balaban J connectivity index is 1.94. The molecule has 3 unspecified atom stereocenters. The van der Waals surface area contributed by atoms with Crippen LogP contribution in [0.3, 0.4) is 0 Å². The minimum Gasteiger partial charge on any atom is -0.334 e. The lowest BCUT2D eigenvalue weighted by Gasteiger charge is -2.41. The third-order valence-corrected chi connectivity index (χ3v) is 4.46. The summed E-state index contributed by atoms with van der Waals surface area (Å²) in [5.41, 5.74) is 0. The average molecular weight is 262 g/mol. The van der Waals surface area contributed by atoms with Crippen LogP contribution in [-0.4, -0.2) is 36.0 Å². The lowest BCUT2D eigenvalue weighted by Crippen LogP contribution is -2.55. The van der Waals surface area contributed by atoms with Crippen LogP contribution in [0.5, 0.6) is 0 Å². The van der Waals surface area contributed by atoms with E-state index in [1.165, 1.54) is 32.1 Å². The molecule has 0 aromatic rings. The Kier molecular flexibility index (Phi) is 5.20. The summed E-state index contributed by atoms with van der Waals surface area (Å²) in [6.45, 7) is 8.67. The third-order valence-electron chi connectivity index (χ3n) is 4.46. The van der Waals surface area contributed by atoms with Crippen molar-refractivity contribution in [3.05, 3.63) is 25.3 Å². The summed E-state index contributed by atoms with van der Waals surface area (Å²) < 4.78 is 0. The van der Waals surface area contributed by atoms with Gasteiger partial charge in [0.2, 0.25) is 5.91 Å². The molecular weight excluding hydrogens is 236 g/mol. The van der Waals surface area contributed by atoms with Crippen LogP contribution in [0.15, 0.2) is 25.3 Å². The van der Waals surface area contributed by atoms with Crippen molar-refractivity contribution in [1.82, 2.24) is 10.2 Å². The first-order valence-corrected chi connectivity index (χ1v) is 7.53. The highest BCUT2D eigenvalue weighted by molar-refractivity contribution is 5.82. The fourth-order valence-electron chi connectivity index (χ4n) is 3.48. The molecule has 1 amide bonds. The van der Waals surface area contributed by atoms with Gasteiger partial charge in [-0.1, -0.05) is 25.0 Å². The number of rotatable bonds is 5.